The van der Waals surface area contributed by atoms with E-state index in [0.29, 0.717) is 18.0 Å². The van der Waals surface area contributed by atoms with Crippen molar-refractivity contribution < 1.29 is 22.7 Å². The van der Waals surface area contributed by atoms with Gasteiger partial charge in [0.2, 0.25) is 5.91 Å². The van der Waals surface area contributed by atoms with Gasteiger partial charge in [-0.3, -0.25) is 14.3 Å². The Morgan fingerprint density at radius 1 is 0.895 bits per heavy atom. The first-order valence-electron chi connectivity index (χ1n) is 11.9. The SMILES string of the molecule is O=C(CNC(=O)c1ccc(S(=O)(=O)Nc2ccccc2Oc2ccccc2)cc1)NCCCn1ccnc1. The van der Waals surface area contributed by atoms with Crippen LogP contribution in [0.1, 0.15) is 16.8 Å². The van der Waals surface area contributed by atoms with E-state index in [1.165, 1.54) is 24.3 Å². The Labute approximate surface area is 220 Å². The van der Waals surface area contributed by atoms with Crippen molar-refractivity contribution in [3.63, 3.8) is 0 Å². The minimum atomic E-state index is -3.96. The van der Waals surface area contributed by atoms with E-state index in [1.54, 1.807) is 48.9 Å². The maximum atomic E-state index is 13.0. The van der Waals surface area contributed by atoms with E-state index in [9.17, 15) is 18.0 Å². The quantitative estimate of drug-likeness (QED) is 0.239. The number of aromatic nitrogens is 2. The predicted molar refractivity (Wildman–Crippen MR) is 142 cm³/mol. The van der Waals surface area contributed by atoms with Gasteiger partial charge < -0.3 is 19.9 Å². The molecule has 2 amide bonds. The van der Waals surface area contributed by atoms with Crippen LogP contribution in [0, 0.1) is 0 Å². The van der Waals surface area contributed by atoms with Crippen LogP contribution < -0.4 is 20.1 Å². The molecule has 4 rings (SSSR count). The van der Waals surface area contributed by atoms with Crippen LogP contribution in [0.25, 0.3) is 0 Å². The molecule has 11 heteroatoms. The molecule has 10 nitrogen and oxygen atoms in total. The van der Waals surface area contributed by atoms with Crippen molar-refractivity contribution in [1.29, 1.82) is 0 Å². The summed E-state index contributed by atoms with van der Waals surface area (Å²) in [5.41, 5.74) is 0.499. The zero-order valence-corrected chi connectivity index (χ0v) is 21.2. The Bertz CT molecular complexity index is 1460. The Morgan fingerprint density at radius 2 is 1.63 bits per heavy atom. The van der Waals surface area contributed by atoms with E-state index in [2.05, 4.69) is 20.3 Å². The van der Waals surface area contributed by atoms with Gasteiger partial charge in [0.15, 0.2) is 5.75 Å². The van der Waals surface area contributed by atoms with Gasteiger partial charge in [0, 0.05) is 31.0 Å². The normalized spacial score (nSPS) is 10.9. The number of nitrogens with one attached hydrogen (secondary N) is 3. The number of rotatable bonds is 12. The molecule has 3 N–H and O–H groups in total. The molecule has 0 unspecified atom stereocenters. The molecule has 0 radical (unpaired) electrons. The maximum absolute atomic E-state index is 13.0. The third-order valence-electron chi connectivity index (χ3n) is 5.41. The fraction of sp³-hybridized carbons (Fsp3) is 0.148. The minimum absolute atomic E-state index is 0.0285. The molecule has 3 aromatic carbocycles. The van der Waals surface area contributed by atoms with Crippen molar-refractivity contribution in [2.75, 3.05) is 17.8 Å². The fourth-order valence-electron chi connectivity index (χ4n) is 3.48. The molecule has 0 saturated heterocycles. The molecule has 0 saturated carbocycles. The Morgan fingerprint density at radius 3 is 2.37 bits per heavy atom. The van der Waals surface area contributed by atoms with Crippen molar-refractivity contribution in [3.8, 4) is 11.5 Å². The summed E-state index contributed by atoms with van der Waals surface area (Å²) >= 11 is 0. The summed E-state index contributed by atoms with van der Waals surface area (Å²) in [4.78, 5) is 28.3. The molecule has 38 heavy (non-hydrogen) atoms. The molecule has 1 aromatic heterocycles. The lowest BCUT2D eigenvalue weighted by Gasteiger charge is -2.13. The maximum Gasteiger partial charge on any atom is 0.262 e. The molecule has 0 atom stereocenters. The summed E-state index contributed by atoms with van der Waals surface area (Å²) in [6.45, 7) is 0.998. The molecule has 0 aliphatic heterocycles. The molecule has 4 aromatic rings. The van der Waals surface area contributed by atoms with Crippen molar-refractivity contribution in [2.45, 2.75) is 17.9 Å². The molecule has 1 heterocycles. The summed E-state index contributed by atoms with van der Waals surface area (Å²) in [5.74, 6) is 0.108. The zero-order chi connectivity index (χ0) is 26.8. The third kappa shape index (κ3) is 7.43. The molecular formula is C27H27N5O5S. The topological polar surface area (TPSA) is 131 Å². The number of hydrogen-bond acceptors (Lipinski definition) is 6. The summed E-state index contributed by atoms with van der Waals surface area (Å²) in [6, 6.07) is 21.1. The number of sulfonamides is 1. The van der Waals surface area contributed by atoms with Gasteiger partial charge in [0.1, 0.15) is 5.75 Å². The molecule has 196 valence electrons. The van der Waals surface area contributed by atoms with E-state index in [4.69, 9.17) is 4.74 Å². The summed E-state index contributed by atoms with van der Waals surface area (Å²) in [7, 11) is -3.96. The van der Waals surface area contributed by atoms with Gasteiger partial charge in [-0.25, -0.2) is 13.4 Å². The van der Waals surface area contributed by atoms with Crippen LogP contribution in [0.2, 0.25) is 0 Å². The number of amides is 2. The summed E-state index contributed by atoms with van der Waals surface area (Å²) in [6.07, 6.45) is 5.96. The number of carbonyl (C=O) groups excluding carboxylic acids is 2. The van der Waals surface area contributed by atoms with Crippen molar-refractivity contribution in [2.24, 2.45) is 0 Å². The van der Waals surface area contributed by atoms with Gasteiger partial charge in [0.25, 0.3) is 15.9 Å². The first-order valence-corrected chi connectivity index (χ1v) is 13.3. The molecule has 0 fully saturated rings. The second-order valence-electron chi connectivity index (χ2n) is 8.23. The van der Waals surface area contributed by atoms with E-state index in [0.717, 1.165) is 13.0 Å². The Kier molecular flexibility index (Phi) is 8.73. The number of anilines is 1. The number of para-hydroxylation sites is 3. The highest BCUT2D eigenvalue weighted by molar-refractivity contribution is 7.92. The average Bonchev–Trinajstić information content (AvgIpc) is 3.45. The lowest BCUT2D eigenvalue weighted by atomic mass is 10.2. The number of nitrogens with zero attached hydrogens (tertiary/aromatic N) is 2. The second kappa shape index (κ2) is 12.5. The standard InChI is InChI=1S/C27H27N5O5S/c33-26(29-15-6-17-32-18-16-28-20-32)19-30-27(34)21-11-13-23(14-12-21)38(35,36)31-24-9-4-5-10-25(24)37-22-7-2-1-3-8-22/h1-5,7-14,16,18,20,31H,6,15,17,19H2,(H,29,33)(H,30,34). The van der Waals surface area contributed by atoms with Gasteiger partial charge in [-0.1, -0.05) is 30.3 Å². The lowest BCUT2D eigenvalue weighted by Crippen LogP contribution is -2.37. The highest BCUT2D eigenvalue weighted by Gasteiger charge is 2.18. The van der Waals surface area contributed by atoms with E-state index >= 15 is 0 Å². The van der Waals surface area contributed by atoms with Crippen LogP contribution in [0.15, 0.2) is 102 Å². The first-order chi connectivity index (χ1) is 18.4. The highest BCUT2D eigenvalue weighted by atomic mass is 32.2. The van der Waals surface area contributed by atoms with Crippen molar-refractivity contribution in [1.82, 2.24) is 20.2 Å². The lowest BCUT2D eigenvalue weighted by molar-refractivity contribution is -0.120. The van der Waals surface area contributed by atoms with Crippen molar-refractivity contribution in [3.05, 3.63) is 103 Å². The average molecular weight is 534 g/mol. The number of hydrogen-bond donors (Lipinski definition) is 3. The van der Waals surface area contributed by atoms with Crippen LogP contribution in [-0.4, -0.2) is 42.9 Å². The van der Waals surface area contributed by atoms with Crippen LogP contribution in [-0.2, 0) is 21.4 Å². The largest absolute Gasteiger partial charge is 0.455 e. The van der Waals surface area contributed by atoms with E-state index < -0.39 is 15.9 Å². The Hall–Kier alpha value is -4.64. The molecule has 0 aliphatic rings. The summed E-state index contributed by atoms with van der Waals surface area (Å²) < 4.78 is 36.2. The molecule has 0 spiro atoms. The summed E-state index contributed by atoms with van der Waals surface area (Å²) in [5, 5.41) is 5.27. The van der Waals surface area contributed by atoms with E-state index in [1.807, 2.05) is 29.0 Å². The molecular weight excluding hydrogens is 506 g/mol. The molecule has 0 bridgehead atoms. The monoisotopic (exact) mass is 533 g/mol. The first kappa shape index (κ1) is 26.4. The number of imidazole rings is 1. The number of carbonyl (C=O) groups is 2. The van der Waals surface area contributed by atoms with Gasteiger partial charge >= 0.3 is 0 Å². The zero-order valence-electron chi connectivity index (χ0n) is 20.4. The minimum Gasteiger partial charge on any atom is -0.455 e. The van der Waals surface area contributed by atoms with Gasteiger partial charge in [-0.2, -0.15) is 0 Å². The second-order valence-corrected chi connectivity index (χ2v) is 9.91. The molecule has 0 aliphatic carbocycles. The predicted octanol–water partition coefficient (Wildman–Crippen LogP) is 3.41. The highest BCUT2D eigenvalue weighted by Crippen LogP contribution is 2.30. The number of ether oxygens (including phenoxy) is 1. The van der Waals surface area contributed by atoms with Gasteiger partial charge in [-0.05, 0) is 55.0 Å². The van der Waals surface area contributed by atoms with E-state index in [-0.39, 0.29) is 28.6 Å². The van der Waals surface area contributed by atoms with Crippen LogP contribution in [0.4, 0.5) is 5.69 Å². The van der Waals surface area contributed by atoms with Crippen LogP contribution >= 0.6 is 0 Å². The van der Waals surface area contributed by atoms with Crippen LogP contribution in [0.5, 0.6) is 11.5 Å². The number of benzene rings is 3. The van der Waals surface area contributed by atoms with Gasteiger partial charge in [0.05, 0.1) is 23.5 Å². The fourth-order valence-corrected chi connectivity index (χ4v) is 4.55. The van der Waals surface area contributed by atoms with Crippen LogP contribution in [0.3, 0.4) is 0 Å². The smallest absolute Gasteiger partial charge is 0.262 e. The third-order valence-corrected chi connectivity index (χ3v) is 6.79. The Balaban J connectivity index is 1.29. The van der Waals surface area contributed by atoms with Gasteiger partial charge in [-0.15, -0.1) is 0 Å². The number of aryl methyl sites for hydroxylation is 1. The van der Waals surface area contributed by atoms with Crippen molar-refractivity contribution >= 4 is 27.5 Å².